The molecule has 31 heavy (non-hydrogen) atoms. The van der Waals surface area contributed by atoms with Gasteiger partial charge in [-0.3, -0.25) is 9.52 Å². The second kappa shape index (κ2) is 8.75. The predicted octanol–water partition coefficient (Wildman–Crippen LogP) is 5.04. The monoisotopic (exact) mass is 497 g/mol. The summed E-state index contributed by atoms with van der Waals surface area (Å²) < 4.78 is 34.1. The molecule has 0 radical (unpaired) electrons. The minimum atomic E-state index is -3.73. The zero-order valence-corrected chi connectivity index (χ0v) is 18.4. The van der Waals surface area contributed by atoms with Gasteiger partial charge in [0, 0.05) is 22.0 Å². The number of aromatic nitrogens is 1. The predicted molar refractivity (Wildman–Crippen MR) is 123 cm³/mol. The first-order valence-corrected chi connectivity index (χ1v) is 11.4. The summed E-state index contributed by atoms with van der Waals surface area (Å²) in [4.78, 5) is 15.9. The summed E-state index contributed by atoms with van der Waals surface area (Å²) in [6.45, 7) is 0. The number of oxazole rings is 1. The zero-order valence-electron chi connectivity index (χ0n) is 15.9. The molecule has 7 nitrogen and oxygen atoms in total. The van der Waals surface area contributed by atoms with Crippen molar-refractivity contribution in [2.45, 2.75) is 4.90 Å². The molecule has 1 aromatic heterocycles. The number of para-hydroxylation sites is 2. The first-order chi connectivity index (χ1) is 14.9. The van der Waals surface area contributed by atoms with Gasteiger partial charge in [0.05, 0.1) is 10.5 Å². The Kier molecular flexibility index (Phi) is 5.88. The molecular weight excluding hydrogens is 482 g/mol. The number of allylic oxidation sites excluding steroid dienone is 1. The molecule has 4 rings (SSSR count). The SMILES string of the molecule is O=C/C(=C/Nc1ccc(S(=O)(=O)Nc2ccc(Br)cc2)cc1)c1nc2ccccc2o1. The van der Waals surface area contributed by atoms with Crippen molar-refractivity contribution in [3.8, 4) is 0 Å². The number of nitrogens with one attached hydrogen (secondary N) is 2. The van der Waals surface area contributed by atoms with Crippen LogP contribution in [0.2, 0.25) is 0 Å². The van der Waals surface area contributed by atoms with Gasteiger partial charge in [-0.15, -0.1) is 0 Å². The van der Waals surface area contributed by atoms with E-state index in [1.165, 1.54) is 18.3 Å². The highest BCUT2D eigenvalue weighted by atomic mass is 79.9. The highest BCUT2D eigenvalue weighted by Crippen LogP contribution is 2.22. The van der Waals surface area contributed by atoms with Gasteiger partial charge >= 0.3 is 0 Å². The van der Waals surface area contributed by atoms with Gasteiger partial charge in [0.15, 0.2) is 11.9 Å². The number of carbonyl (C=O) groups excluding carboxylic acids is 1. The van der Waals surface area contributed by atoms with E-state index >= 15 is 0 Å². The smallest absolute Gasteiger partial charge is 0.261 e. The molecule has 1 heterocycles. The fourth-order valence-corrected chi connectivity index (χ4v) is 4.09. The Morgan fingerprint density at radius 1 is 0.935 bits per heavy atom. The van der Waals surface area contributed by atoms with Gasteiger partial charge in [-0.1, -0.05) is 28.1 Å². The van der Waals surface area contributed by atoms with E-state index in [1.807, 2.05) is 12.1 Å². The van der Waals surface area contributed by atoms with E-state index < -0.39 is 10.0 Å². The maximum absolute atomic E-state index is 12.6. The van der Waals surface area contributed by atoms with Crippen molar-refractivity contribution in [3.05, 3.63) is 89.4 Å². The summed E-state index contributed by atoms with van der Waals surface area (Å²) in [5.41, 5.74) is 2.52. The zero-order chi connectivity index (χ0) is 21.8. The highest BCUT2D eigenvalue weighted by Gasteiger charge is 2.14. The average molecular weight is 498 g/mol. The second-order valence-electron chi connectivity index (χ2n) is 6.49. The number of halogens is 1. The lowest BCUT2D eigenvalue weighted by atomic mass is 10.3. The fourth-order valence-electron chi connectivity index (χ4n) is 2.77. The third-order valence-electron chi connectivity index (χ3n) is 4.32. The van der Waals surface area contributed by atoms with Crippen LogP contribution in [-0.2, 0) is 14.8 Å². The Morgan fingerprint density at radius 3 is 2.29 bits per heavy atom. The molecule has 156 valence electrons. The third-order valence-corrected chi connectivity index (χ3v) is 6.25. The number of benzene rings is 3. The third kappa shape index (κ3) is 4.84. The molecule has 0 fully saturated rings. The first kappa shape index (κ1) is 20.8. The van der Waals surface area contributed by atoms with Gasteiger partial charge < -0.3 is 9.73 Å². The van der Waals surface area contributed by atoms with Gasteiger partial charge in [-0.2, -0.15) is 0 Å². The van der Waals surface area contributed by atoms with Crippen LogP contribution in [0.1, 0.15) is 5.89 Å². The Balaban J connectivity index is 1.49. The quantitative estimate of drug-likeness (QED) is 0.274. The Bertz CT molecular complexity index is 1330. The molecule has 0 saturated heterocycles. The minimum absolute atomic E-state index is 0.111. The molecule has 4 aromatic rings. The highest BCUT2D eigenvalue weighted by molar-refractivity contribution is 9.10. The van der Waals surface area contributed by atoms with Crippen LogP contribution in [0.25, 0.3) is 16.7 Å². The molecule has 0 aliphatic carbocycles. The van der Waals surface area contributed by atoms with Crippen LogP contribution in [0, 0.1) is 0 Å². The van der Waals surface area contributed by atoms with Crippen molar-refractivity contribution in [3.63, 3.8) is 0 Å². The standard InChI is InChI=1S/C22H16BrN3O4S/c23-16-5-7-18(8-6-16)26-31(28,29)19-11-9-17(10-12-19)24-13-15(14-27)22-25-20-3-1-2-4-21(20)30-22/h1-14,24,26H/b15-13-. The molecular formula is C22H16BrN3O4S. The van der Waals surface area contributed by atoms with Crippen LogP contribution in [0.5, 0.6) is 0 Å². The largest absolute Gasteiger partial charge is 0.436 e. The van der Waals surface area contributed by atoms with E-state index in [0.29, 0.717) is 28.8 Å². The van der Waals surface area contributed by atoms with Gasteiger partial charge in [0.2, 0.25) is 5.89 Å². The molecule has 0 amide bonds. The van der Waals surface area contributed by atoms with Crippen molar-refractivity contribution in [1.29, 1.82) is 0 Å². The van der Waals surface area contributed by atoms with Crippen LogP contribution >= 0.6 is 15.9 Å². The Labute approximate surface area is 187 Å². The number of sulfonamides is 1. The van der Waals surface area contributed by atoms with Crippen molar-refractivity contribution in [2.24, 2.45) is 0 Å². The molecule has 0 bridgehead atoms. The molecule has 0 aliphatic rings. The van der Waals surface area contributed by atoms with E-state index in [-0.39, 0.29) is 16.4 Å². The van der Waals surface area contributed by atoms with Crippen molar-refractivity contribution >= 4 is 60.3 Å². The number of hydrogen-bond donors (Lipinski definition) is 2. The maximum Gasteiger partial charge on any atom is 0.261 e. The summed E-state index contributed by atoms with van der Waals surface area (Å²) in [5, 5.41) is 2.96. The van der Waals surface area contributed by atoms with E-state index in [2.05, 4.69) is 31.0 Å². The number of hydrogen-bond acceptors (Lipinski definition) is 6. The van der Waals surface area contributed by atoms with Crippen molar-refractivity contribution < 1.29 is 17.6 Å². The molecule has 0 atom stereocenters. The van der Waals surface area contributed by atoms with Crippen LogP contribution in [0.4, 0.5) is 11.4 Å². The lowest BCUT2D eigenvalue weighted by Gasteiger charge is -2.09. The molecule has 0 spiro atoms. The summed E-state index contributed by atoms with van der Waals surface area (Å²) >= 11 is 3.31. The first-order valence-electron chi connectivity index (χ1n) is 9.11. The lowest BCUT2D eigenvalue weighted by molar-refractivity contribution is -0.103. The summed E-state index contributed by atoms with van der Waals surface area (Å²) in [5.74, 6) is 0.196. The second-order valence-corrected chi connectivity index (χ2v) is 9.08. The number of rotatable bonds is 7. The van der Waals surface area contributed by atoms with E-state index in [0.717, 1.165) is 4.47 Å². The average Bonchev–Trinajstić information content (AvgIpc) is 3.20. The number of nitrogens with zero attached hydrogens (tertiary/aromatic N) is 1. The fraction of sp³-hybridized carbons (Fsp3) is 0. The topological polar surface area (TPSA) is 101 Å². The number of fused-ring (bicyclic) bond motifs is 1. The lowest BCUT2D eigenvalue weighted by Crippen LogP contribution is -2.12. The maximum atomic E-state index is 12.6. The molecule has 3 aromatic carbocycles. The van der Waals surface area contributed by atoms with Crippen molar-refractivity contribution in [2.75, 3.05) is 10.0 Å². The molecule has 0 saturated carbocycles. The Hall–Kier alpha value is -3.43. The number of carbonyl (C=O) groups is 1. The van der Waals surface area contributed by atoms with Crippen LogP contribution < -0.4 is 10.0 Å². The van der Waals surface area contributed by atoms with Gasteiger partial charge in [-0.05, 0) is 60.7 Å². The molecule has 9 heteroatoms. The van der Waals surface area contributed by atoms with E-state index in [1.54, 1.807) is 48.5 Å². The molecule has 0 aliphatic heterocycles. The van der Waals surface area contributed by atoms with E-state index in [9.17, 15) is 13.2 Å². The van der Waals surface area contributed by atoms with Crippen molar-refractivity contribution in [1.82, 2.24) is 4.98 Å². The molecule has 0 unspecified atom stereocenters. The van der Waals surface area contributed by atoms with Crippen LogP contribution in [-0.4, -0.2) is 19.7 Å². The van der Waals surface area contributed by atoms with Gasteiger partial charge in [-0.25, -0.2) is 13.4 Å². The normalized spacial score (nSPS) is 12.0. The van der Waals surface area contributed by atoms with Crippen LogP contribution in [0.15, 0.2) is 92.8 Å². The minimum Gasteiger partial charge on any atom is -0.436 e. The summed E-state index contributed by atoms with van der Waals surface area (Å²) in [6, 6.07) is 20.2. The van der Waals surface area contributed by atoms with E-state index in [4.69, 9.17) is 4.42 Å². The van der Waals surface area contributed by atoms with Crippen LogP contribution in [0.3, 0.4) is 0 Å². The summed E-state index contributed by atoms with van der Waals surface area (Å²) in [6.07, 6.45) is 2.10. The number of anilines is 2. The number of aldehydes is 1. The molecule has 2 N–H and O–H groups in total. The Morgan fingerprint density at radius 2 is 1.61 bits per heavy atom. The summed E-state index contributed by atoms with van der Waals surface area (Å²) in [7, 11) is -3.73. The van der Waals surface area contributed by atoms with Gasteiger partial charge in [0.1, 0.15) is 5.52 Å². The van der Waals surface area contributed by atoms with Gasteiger partial charge in [0.25, 0.3) is 10.0 Å².